The number of nitrogens with zero attached hydrogens (tertiary/aromatic N) is 2. The van der Waals surface area contributed by atoms with Crippen molar-refractivity contribution < 1.29 is 35.9 Å². The number of carbonyl (C=O) groups excluding carboxylic acids is 2. The largest absolute Gasteiger partial charge is 0.465 e. The van der Waals surface area contributed by atoms with Gasteiger partial charge in [-0.05, 0) is 111 Å². The molecule has 4 aromatic carbocycles. The summed E-state index contributed by atoms with van der Waals surface area (Å²) in [5.74, 6) is -0.853. The summed E-state index contributed by atoms with van der Waals surface area (Å²) in [6.07, 6.45) is 5.45. The van der Waals surface area contributed by atoms with Gasteiger partial charge in [-0.15, -0.1) is 12.4 Å². The SMILES string of the molecule is COC(=O)c1ccc(CN(c2cccc(Cl)c2)S(=O)(=O)C2CCCCC2)cc1.COC(=O)c1ccc(CN(c2cccc(Cl)c2)S(=O)(=O)C2CCNCC2)cc1.Cl. The monoisotopic (exact) mass is 879 g/mol. The number of hydrogen-bond donors (Lipinski definition) is 1. The van der Waals surface area contributed by atoms with Crippen molar-refractivity contribution in [2.75, 3.05) is 35.9 Å². The number of piperidine rings is 1. The minimum absolute atomic E-state index is 0. The molecule has 6 rings (SSSR count). The molecule has 1 saturated carbocycles. The van der Waals surface area contributed by atoms with Gasteiger partial charge >= 0.3 is 11.9 Å². The Kier molecular flexibility index (Phi) is 17.1. The highest BCUT2D eigenvalue weighted by Crippen LogP contribution is 2.32. The van der Waals surface area contributed by atoms with Gasteiger partial charge < -0.3 is 14.8 Å². The molecular weight excluding hydrogens is 833 g/mol. The van der Waals surface area contributed by atoms with E-state index in [1.807, 2.05) is 0 Å². The first-order valence-corrected chi connectivity index (χ1v) is 22.2. The first-order chi connectivity index (χ1) is 26.8. The van der Waals surface area contributed by atoms with Crippen LogP contribution < -0.4 is 13.9 Å². The number of rotatable bonds is 12. The summed E-state index contributed by atoms with van der Waals surface area (Å²) in [5.41, 5.74) is 3.48. The minimum atomic E-state index is -3.58. The smallest absolute Gasteiger partial charge is 0.337 e. The highest BCUT2D eigenvalue weighted by atomic mass is 35.5. The van der Waals surface area contributed by atoms with E-state index in [0.29, 0.717) is 71.3 Å². The van der Waals surface area contributed by atoms with Crippen LogP contribution in [0, 0.1) is 0 Å². The molecular formula is C41H48Cl3N3O8S2. The van der Waals surface area contributed by atoms with Crippen molar-refractivity contribution in [3.8, 4) is 0 Å². The standard InChI is InChI=1S/C21H24ClNO4S.C20H23ClN2O4S.ClH/c1-27-21(24)17-12-10-16(11-13-17)15-23(19-7-5-6-18(22)14-19)28(25,26)20-8-3-2-4-9-20;1-27-20(24)16-7-5-15(6-8-16)14-23(18-4-2-3-17(21)13-18)28(25,26)19-9-11-22-12-10-19;/h5-7,10-14,20H,2-4,8-9,15H2,1H3;2-8,13,19,22H,9-12,14H2,1H3;1H. The van der Waals surface area contributed by atoms with E-state index in [-0.39, 0.29) is 30.7 Å². The number of carbonyl (C=O) groups is 2. The molecule has 308 valence electrons. The van der Waals surface area contributed by atoms with Gasteiger partial charge in [-0.25, -0.2) is 26.4 Å². The van der Waals surface area contributed by atoms with Gasteiger partial charge in [0, 0.05) is 10.0 Å². The number of nitrogens with one attached hydrogen (secondary N) is 1. The zero-order valence-electron chi connectivity index (χ0n) is 31.8. The number of ether oxygens (including phenoxy) is 2. The lowest BCUT2D eigenvalue weighted by Crippen LogP contribution is -2.43. The summed E-state index contributed by atoms with van der Waals surface area (Å²) in [6.45, 7) is 1.71. The lowest BCUT2D eigenvalue weighted by Gasteiger charge is -2.31. The zero-order valence-corrected chi connectivity index (χ0v) is 35.8. The Morgan fingerprint density at radius 1 is 0.614 bits per heavy atom. The molecule has 2 aliphatic rings. The van der Waals surface area contributed by atoms with Gasteiger partial charge in [-0.1, -0.05) is 78.9 Å². The summed E-state index contributed by atoms with van der Waals surface area (Å²) in [6, 6.07) is 27.3. The number of anilines is 2. The van der Waals surface area contributed by atoms with E-state index < -0.39 is 37.2 Å². The molecule has 1 N–H and O–H groups in total. The van der Waals surface area contributed by atoms with Crippen molar-refractivity contribution in [1.29, 1.82) is 0 Å². The van der Waals surface area contributed by atoms with Crippen LogP contribution in [0.3, 0.4) is 0 Å². The second kappa shape index (κ2) is 21.2. The molecule has 16 heteroatoms. The second-order valence-corrected chi connectivity index (χ2v) is 18.8. The summed E-state index contributed by atoms with van der Waals surface area (Å²) >= 11 is 12.2. The molecule has 0 spiro atoms. The molecule has 2 fully saturated rings. The van der Waals surface area contributed by atoms with E-state index in [1.54, 1.807) is 97.1 Å². The van der Waals surface area contributed by atoms with Crippen molar-refractivity contribution in [2.24, 2.45) is 0 Å². The molecule has 0 aromatic heterocycles. The molecule has 4 aromatic rings. The lowest BCUT2D eigenvalue weighted by molar-refractivity contribution is 0.0592. The quantitative estimate of drug-likeness (QED) is 0.139. The van der Waals surface area contributed by atoms with Gasteiger partial charge in [0.25, 0.3) is 0 Å². The van der Waals surface area contributed by atoms with Crippen LogP contribution in [0.25, 0.3) is 0 Å². The van der Waals surface area contributed by atoms with Gasteiger partial charge in [0.1, 0.15) is 0 Å². The van der Waals surface area contributed by atoms with E-state index in [0.717, 1.165) is 30.4 Å². The lowest BCUT2D eigenvalue weighted by atomic mass is 10.0. The fraction of sp³-hybridized carbons (Fsp3) is 0.366. The highest BCUT2D eigenvalue weighted by Gasteiger charge is 2.35. The number of halogens is 3. The summed E-state index contributed by atoms with van der Waals surface area (Å²) in [5, 5.41) is 3.34. The van der Waals surface area contributed by atoms with Crippen LogP contribution >= 0.6 is 35.6 Å². The number of sulfonamides is 2. The molecule has 1 saturated heterocycles. The van der Waals surface area contributed by atoms with Crippen LogP contribution in [0.2, 0.25) is 10.0 Å². The summed E-state index contributed by atoms with van der Waals surface area (Å²) in [4.78, 5) is 23.3. The van der Waals surface area contributed by atoms with Crippen molar-refractivity contribution in [1.82, 2.24) is 5.32 Å². The first kappa shape index (κ1) is 45.8. The average Bonchev–Trinajstić information content (AvgIpc) is 3.22. The number of methoxy groups -OCH3 is 2. The van der Waals surface area contributed by atoms with Gasteiger partial charge in [0.2, 0.25) is 20.0 Å². The molecule has 0 atom stereocenters. The van der Waals surface area contributed by atoms with E-state index in [9.17, 15) is 26.4 Å². The van der Waals surface area contributed by atoms with E-state index >= 15 is 0 Å². The normalized spacial score (nSPS) is 14.9. The third kappa shape index (κ3) is 12.1. The molecule has 1 aliphatic heterocycles. The molecule has 0 unspecified atom stereocenters. The number of benzene rings is 4. The number of esters is 2. The van der Waals surface area contributed by atoms with Crippen molar-refractivity contribution in [3.63, 3.8) is 0 Å². The maximum Gasteiger partial charge on any atom is 0.337 e. The Morgan fingerprint density at radius 3 is 1.37 bits per heavy atom. The van der Waals surface area contributed by atoms with E-state index in [4.69, 9.17) is 32.7 Å². The van der Waals surface area contributed by atoms with Crippen molar-refractivity contribution in [2.45, 2.75) is 68.5 Å². The van der Waals surface area contributed by atoms with Crippen LogP contribution in [-0.4, -0.2) is 66.6 Å². The van der Waals surface area contributed by atoms with Gasteiger partial charge in [0.15, 0.2) is 0 Å². The van der Waals surface area contributed by atoms with Crippen LogP contribution in [0.4, 0.5) is 11.4 Å². The Hall–Kier alpha value is -3.85. The molecule has 1 heterocycles. The van der Waals surface area contributed by atoms with Crippen LogP contribution in [0.5, 0.6) is 0 Å². The summed E-state index contributed by atoms with van der Waals surface area (Å²) < 4.78 is 66.0. The first-order valence-electron chi connectivity index (χ1n) is 18.4. The molecule has 0 radical (unpaired) electrons. The van der Waals surface area contributed by atoms with Crippen LogP contribution in [-0.2, 0) is 42.6 Å². The molecule has 57 heavy (non-hydrogen) atoms. The van der Waals surface area contributed by atoms with Gasteiger partial charge in [-0.2, -0.15) is 0 Å². The van der Waals surface area contributed by atoms with E-state index in [1.165, 1.54) is 22.8 Å². The molecule has 0 bridgehead atoms. The summed E-state index contributed by atoms with van der Waals surface area (Å²) in [7, 11) is -4.47. The zero-order chi connectivity index (χ0) is 40.3. The van der Waals surface area contributed by atoms with Gasteiger partial charge in [-0.3, -0.25) is 8.61 Å². The second-order valence-electron chi connectivity index (χ2n) is 13.6. The predicted molar refractivity (Wildman–Crippen MR) is 229 cm³/mol. The highest BCUT2D eigenvalue weighted by molar-refractivity contribution is 7.93. The Morgan fingerprint density at radius 2 is 1.00 bits per heavy atom. The molecule has 1 aliphatic carbocycles. The van der Waals surface area contributed by atoms with Gasteiger partial charge in [0.05, 0.1) is 60.3 Å². The van der Waals surface area contributed by atoms with Crippen molar-refractivity contribution in [3.05, 3.63) is 129 Å². The average molecular weight is 881 g/mol. The third-order valence-electron chi connectivity index (χ3n) is 9.89. The fourth-order valence-corrected chi connectivity index (χ4v) is 11.1. The van der Waals surface area contributed by atoms with Crippen LogP contribution in [0.1, 0.15) is 76.8 Å². The maximum absolute atomic E-state index is 13.4. The topological polar surface area (TPSA) is 139 Å². The fourth-order valence-electron chi connectivity index (χ4n) is 6.79. The third-order valence-corrected chi connectivity index (χ3v) is 14.9. The molecule has 11 nitrogen and oxygen atoms in total. The Labute approximate surface area is 352 Å². The Balaban J connectivity index is 0.000000248. The van der Waals surface area contributed by atoms with Crippen molar-refractivity contribution >= 4 is 79.0 Å². The maximum atomic E-state index is 13.4. The van der Waals surface area contributed by atoms with Crippen LogP contribution in [0.15, 0.2) is 97.1 Å². The predicted octanol–water partition coefficient (Wildman–Crippen LogP) is 8.43. The van der Waals surface area contributed by atoms with E-state index in [2.05, 4.69) is 5.32 Å². The minimum Gasteiger partial charge on any atom is -0.465 e. The molecule has 0 amide bonds. The number of hydrogen-bond acceptors (Lipinski definition) is 9. The Bertz CT molecular complexity index is 2010.